The minimum Gasteiger partial charge on any atom is -0.354 e. The second-order valence-corrected chi connectivity index (χ2v) is 9.84. The minimum absolute atomic E-state index is 0.121. The number of likely N-dealkylation sites (N-methyl/N-ethyl adjacent to an activating group) is 1. The van der Waals surface area contributed by atoms with Gasteiger partial charge >= 0.3 is 0 Å². The molecule has 0 atom stereocenters. The van der Waals surface area contributed by atoms with Crippen molar-refractivity contribution in [2.24, 2.45) is 0 Å². The summed E-state index contributed by atoms with van der Waals surface area (Å²) in [7, 11) is 2.06. The summed E-state index contributed by atoms with van der Waals surface area (Å²) < 4.78 is 13.9. The summed E-state index contributed by atoms with van der Waals surface area (Å²) in [5, 5.41) is 6.19. The smallest absolute Gasteiger partial charge is 0.258 e. The molecule has 196 valence electrons. The van der Waals surface area contributed by atoms with Crippen LogP contribution in [0.3, 0.4) is 0 Å². The van der Waals surface area contributed by atoms with Crippen molar-refractivity contribution < 1.29 is 14.0 Å². The van der Waals surface area contributed by atoms with Gasteiger partial charge in [-0.3, -0.25) is 19.6 Å². The largest absolute Gasteiger partial charge is 0.354 e. The maximum Gasteiger partial charge on any atom is 0.258 e. The molecular weight excluding hydrogens is 495 g/mol. The molecule has 9 heteroatoms. The van der Waals surface area contributed by atoms with Crippen LogP contribution in [0.1, 0.15) is 16.7 Å². The molecule has 2 amide bonds. The third-order valence-corrected chi connectivity index (χ3v) is 7.17. The molecule has 0 bridgehead atoms. The van der Waals surface area contributed by atoms with E-state index in [-0.39, 0.29) is 11.8 Å². The number of benzene rings is 3. The molecule has 1 saturated heterocycles. The van der Waals surface area contributed by atoms with Gasteiger partial charge in [-0.2, -0.15) is 0 Å². The monoisotopic (exact) mass is 522 g/mol. The number of carbonyl (C=O) groups excluding carboxylic acids is 2. The van der Waals surface area contributed by atoms with Crippen LogP contribution < -0.4 is 10.6 Å². The van der Waals surface area contributed by atoms with Crippen molar-refractivity contribution in [1.82, 2.24) is 19.8 Å². The van der Waals surface area contributed by atoms with Gasteiger partial charge in [0, 0.05) is 55.4 Å². The first kappa shape index (κ1) is 24.7. The molecule has 8 nitrogen and oxygen atoms in total. The predicted molar refractivity (Wildman–Crippen MR) is 149 cm³/mol. The highest BCUT2D eigenvalue weighted by Crippen LogP contribution is 2.38. The highest BCUT2D eigenvalue weighted by molar-refractivity contribution is 6.37. The first-order valence-electron chi connectivity index (χ1n) is 12.8. The number of nitrogens with one attached hydrogen (secondary N) is 2. The Morgan fingerprint density at radius 1 is 0.949 bits per heavy atom. The van der Waals surface area contributed by atoms with E-state index in [1.165, 1.54) is 12.1 Å². The number of nitrogens with zero attached hydrogens (tertiary/aromatic N) is 4. The Morgan fingerprint density at radius 2 is 1.69 bits per heavy atom. The Bertz CT molecular complexity index is 1610. The van der Waals surface area contributed by atoms with Gasteiger partial charge in [0.05, 0.1) is 34.4 Å². The number of piperazine rings is 1. The standard InChI is InChI=1S/C30H27FN6O2/c1-36-12-14-37(15-13-36)27(38)16-19-2-6-22(7-3-19)34-29(20-4-9-24-26(17-20)33-11-10-32-24)28-23-8-5-21(31)18-25(23)35-30(28)39/h2-11,17-18,34H,12-16H2,1H3,(H,35,39). The summed E-state index contributed by atoms with van der Waals surface area (Å²) in [4.78, 5) is 38.8. The Kier molecular flexibility index (Phi) is 6.50. The van der Waals surface area contributed by atoms with Gasteiger partial charge < -0.3 is 20.4 Å². The fraction of sp³-hybridized carbons (Fsp3) is 0.200. The SMILES string of the molecule is CN1CCN(C(=O)Cc2ccc(NC(=C3C(=O)Nc4cc(F)ccc43)c3ccc4nccnc4c3)cc2)CC1. The summed E-state index contributed by atoms with van der Waals surface area (Å²) >= 11 is 0. The zero-order valence-electron chi connectivity index (χ0n) is 21.4. The molecule has 0 saturated carbocycles. The Balaban J connectivity index is 1.32. The lowest BCUT2D eigenvalue weighted by Gasteiger charge is -2.32. The van der Waals surface area contributed by atoms with Crippen molar-refractivity contribution in [2.75, 3.05) is 43.9 Å². The molecule has 39 heavy (non-hydrogen) atoms. The zero-order chi connectivity index (χ0) is 26.9. The summed E-state index contributed by atoms with van der Waals surface area (Å²) in [6.45, 7) is 3.26. The van der Waals surface area contributed by atoms with Crippen LogP contribution in [0.5, 0.6) is 0 Å². The molecule has 0 unspecified atom stereocenters. The Morgan fingerprint density at radius 3 is 2.46 bits per heavy atom. The van der Waals surface area contributed by atoms with Gasteiger partial charge in [-0.25, -0.2) is 4.39 Å². The summed E-state index contributed by atoms with van der Waals surface area (Å²) in [6.07, 6.45) is 3.59. The van der Waals surface area contributed by atoms with Gasteiger partial charge in [0.2, 0.25) is 5.91 Å². The van der Waals surface area contributed by atoms with E-state index in [4.69, 9.17) is 0 Å². The Labute approximate surface area is 225 Å². The van der Waals surface area contributed by atoms with Gasteiger partial charge in [0.1, 0.15) is 5.82 Å². The van der Waals surface area contributed by atoms with E-state index >= 15 is 0 Å². The number of hydrogen-bond donors (Lipinski definition) is 2. The van der Waals surface area contributed by atoms with Crippen LogP contribution in [0.2, 0.25) is 0 Å². The van der Waals surface area contributed by atoms with Crippen LogP contribution in [0.25, 0.3) is 22.3 Å². The summed E-state index contributed by atoms with van der Waals surface area (Å²) in [6, 6.07) is 17.5. The number of carbonyl (C=O) groups is 2. The van der Waals surface area contributed by atoms with Crippen LogP contribution in [0.15, 0.2) is 73.1 Å². The zero-order valence-corrected chi connectivity index (χ0v) is 21.4. The van der Waals surface area contributed by atoms with Crippen LogP contribution in [0.4, 0.5) is 15.8 Å². The Hall–Kier alpha value is -4.63. The summed E-state index contributed by atoms with van der Waals surface area (Å²) in [5.41, 5.74) is 5.82. The first-order valence-corrected chi connectivity index (χ1v) is 12.8. The molecule has 3 aromatic carbocycles. The topological polar surface area (TPSA) is 90.5 Å². The highest BCUT2D eigenvalue weighted by atomic mass is 19.1. The van der Waals surface area contributed by atoms with Crippen LogP contribution in [0, 0.1) is 5.82 Å². The lowest BCUT2D eigenvalue weighted by molar-refractivity contribution is -0.132. The van der Waals surface area contributed by atoms with E-state index in [9.17, 15) is 14.0 Å². The van der Waals surface area contributed by atoms with Gasteiger partial charge in [-0.05, 0) is 55.1 Å². The van der Waals surface area contributed by atoms with E-state index in [1.54, 1.807) is 18.5 Å². The van der Waals surface area contributed by atoms with Crippen LogP contribution in [-0.2, 0) is 16.0 Å². The van der Waals surface area contributed by atoms with Crippen molar-refractivity contribution in [3.05, 3.63) is 95.6 Å². The van der Waals surface area contributed by atoms with Gasteiger partial charge in [-0.1, -0.05) is 18.2 Å². The molecule has 2 aliphatic rings. The number of hydrogen-bond acceptors (Lipinski definition) is 6. The molecule has 1 aromatic heterocycles. The highest BCUT2D eigenvalue weighted by Gasteiger charge is 2.29. The average Bonchev–Trinajstić information content (AvgIpc) is 3.27. The molecule has 1 fully saturated rings. The minimum atomic E-state index is -0.424. The second-order valence-electron chi connectivity index (χ2n) is 9.84. The molecule has 0 aliphatic carbocycles. The van der Waals surface area contributed by atoms with E-state index < -0.39 is 5.82 Å². The quantitative estimate of drug-likeness (QED) is 0.385. The summed E-state index contributed by atoms with van der Waals surface area (Å²) in [5.74, 6) is -0.630. The molecular formula is C30H27FN6O2. The van der Waals surface area contributed by atoms with Gasteiger partial charge in [0.25, 0.3) is 5.91 Å². The second kappa shape index (κ2) is 10.3. The van der Waals surface area contributed by atoms with Crippen molar-refractivity contribution in [2.45, 2.75) is 6.42 Å². The van der Waals surface area contributed by atoms with Crippen molar-refractivity contribution >= 4 is 45.5 Å². The van der Waals surface area contributed by atoms with E-state index in [2.05, 4.69) is 32.5 Å². The lowest BCUT2D eigenvalue weighted by atomic mass is 9.99. The molecule has 4 aromatic rings. The van der Waals surface area contributed by atoms with Gasteiger partial charge in [0.15, 0.2) is 0 Å². The third-order valence-electron chi connectivity index (χ3n) is 7.17. The van der Waals surface area contributed by atoms with Crippen molar-refractivity contribution in [3.63, 3.8) is 0 Å². The number of aromatic nitrogens is 2. The van der Waals surface area contributed by atoms with E-state index in [0.717, 1.165) is 48.5 Å². The lowest BCUT2D eigenvalue weighted by Crippen LogP contribution is -2.47. The number of fused-ring (bicyclic) bond motifs is 2. The molecule has 0 spiro atoms. The van der Waals surface area contributed by atoms with Crippen molar-refractivity contribution in [1.29, 1.82) is 0 Å². The van der Waals surface area contributed by atoms with Crippen molar-refractivity contribution in [3.8, 4) is 0 Å². The number of anilines is 2. The number of rotatable bonds is 5. The molecule has 3 heterocycles. The fourth-order valence-electron chi connectivity index (χ4n) is 4.98. The van der Waals surface area contributed by atoms with E-state index in [1.807, 2.05) is 47.4 Å². The van der Waals surface area contributed by atoms with Crippen LogP contribution >= 0.6 is 0 Å². The number of amides is 2. The molecule has 2 aliphatic heterocycles. The normalized spacial score (nSPS) is 16.7. The maximum absolute atomic E-state index is 13.9. The predicted octanol–water partition coefficient (Wildman–Crippen LogP) is 4.02. The fourth-order valence-corrected chi connectivity index (χ4v) is 4.98. The average molecular weight is 523 g/mol. The number of halogens is 1. The maximum atomic E-state index is 13.9. The van der Waals surface area contributed by atoms with Crippen LogP contribution in [-0.4, -0.2) is 64.8 Å². The molecule has 6 rings (SSSR count). The molecule has 0 radical (unpaired) electrons. The van der Waals surface area contributed by atoms with E-state index in [0.29, 0.717) is 34.5 Å². The van der Waals surface area contributed by atoms with Gasteiger partial charge in [-0.15, -0.1) is 0 Å². The first-order chi connectivity index (χ1) is 18.9. The molecule has 2 N–H and O–H groups in total. The third kappa shape index (κ3) is 5.08.